The van der Waals surface area contributed by atoms with E-state index in [1.165, 1.54) is 29.1 Å². The largest absolute Gasteiger partial charge is 0.372 e. The molecule has 0 aliphatic carbocycles. The minimum atomic E-state index is 0.0242. The maximum absolute atomic E-state index is 6.17. The fraction of sp³-hybridized carbons (Fsp3) is 0.647. The smallest absolute Gasteiger partial charge is 0.0841 e. The Kier molecular flexibility index (Phi) is 4.79. The summed E-state index contributed by atoms with van der Waals surface area (Å²) in [5.41, 5.74) is 0.0242. The molecular formula is C17H25NO2S. The second-order valence-corrected chi connectivity index (χ2v) is 7.64. The number of hydrogen-bond acceptors (Lipinski definition) is 4. The molecule has 2 saturated heterocycles. The van der Waals surface area contributed by atoms with Crippen molar-refractivity contribution in [2.45, 2.75) is 44.4 Å². The summed E-state index contributed by atoms with van der Waals surface area (Å²) >= 11 is 1.91. The molecule has 0 radical (unpaired) electrons. The Labute approximate surface area is 131 Å². The molecule has 2 aliphatic rings. The number of nitrogens with zero attached hydrogens (tertiary/aromatic N) is 1. The van der Waals surface area contributed by atoms with Crippen molar-refractivity contribution in [1.82, 2.24) is 4.90 Å². The van der Waals surface area contributed by atoms with Gasteiger partial charge in [-0.3, -0.25) is 4.90 Å². The molecular weight excluding hydrogens is 282 g/mol. The van der Waals surface area contributed by atoms with E-state index in [2.05, 4.69) is 30.5 Å². The highest BCUT2D eigenvalue weighted by Gasteiger charge is 2.43. The molecule has 4 heteroatoms. The monoisotopic (exact) mass is 307 g/mol. The van der Waals surface area contributed by atoms with Gasteiger partial charge in [0.1, 0.15) is 0 Å². The van der Waals surface area contributed by atoms with Crippen LogP contribution < -0.4 is 0 Å². The van der Waals surface area contributed by atoms with E-state index in [4.69, 9.17) is 9.47 Å². The lowest BCUT2D eigenvalue weighted by Crippen LogP contribution is -2.47. The van der Waals surface area contributed by atoms with Gasteiger partial charge in [0.2, 0.25) is 0 Å². The second-order valence-electron chi connectivity index (χ2n) is 6.27. The van der Waals surface area contributed by atoms with E-state index in [1.807, 2.05) is 17.4 Å². The molecule has 0 amide bonds. The van der Waals surface area contributed by atoms with Crippen molar-refractivity contribution in [3.05, 3.63) is 34.5 Å². The third-order valence-corrected chi connectivity index (χ3v) is 5.40. The van der Waals surface area contributed by atoms with Crippen LogP contribution >= 0.6 is 11.3 Å². The predicted molar refractivity (Wildman–Crippen MR) is 86.8 cm³/mol. The fourth-order valence-corrected chi connectivity index (χ4v) is 4.45. The number of aryl methyl sites for hydroxylation is 1. The van der Waals surface area contributed by atoms with Crippen LogP contribution in [0.3, 0.4) is 0 Å². The average Bonchev–Trinajstić information content (AvgIpc) is 3.04. The standard InChI is InChI=1S/C17H25NO2S/c1-3-9-19-15-10-17(20-12-15)7-4-8-18(13-17)11-16-6-5-14(2)21-16/h3,5-6,15H,1,4,7-13H2,2H3/t15-,17-/m0/s1. The molecule has 1 aromatic rings. The lowest BCUT2D eigenvalue weighted by Gasteiger charge is -2.39. The molecule has 0 unspecified atom stereocenters. The molecule has 1 spiro atoms. The molecule has 2 aliphatic heterocycles. The van der Waals surface area contributed by atoms with Crippen molar-refractivity contribution >= 4 is 11.3 Å². The van der Waals surface area contributed by atoms with Gasteiger partial charge in [-0.15, -0.1) is 17.9 Å². The number of hydrogen-bond donors (Lipinski definition) is 0. The maximum atomic E-state index is 6.17. The molecule has 3 heterocycles. The number of rotatable bonds is 5. The molecule has 21 heavy (non-hydrogen) atoms. The Balaban J connectivity index is 1.57. The molecule has 1 aromatic heterocycles. The Bertz CT molecular complexity index is 487. The van der Waals surface area contributed by atoms with Gasteiger partial charge < -0.3 is 9.47 Å². The molecule has 3 nitrogen and oxygen atoms in total. The van der Waals surface area contributed by atoms with Crippen LogP contribution in [0.2, 0.25) is 0 Å². The SMILES string of the molecule is C=CCO[C@@H]1CO[C@@]2(CCCN(Cc3ccc(C)s3)C2)C1. The maximum Gasteiger partial charge on any atom is 0.0841 e. The predicted octanol–water partition coefficient (Wildman–Crippen LogP) is 3.38. The number of piperidine rings is 1. The van der Waals surface area contributed by atoms with Crippen molar-refractivity contribution in [3.8, 4) is 0 Å². The van der Waals surface area contributed by atoms with Crippen molar-refractivity contribution in [3.63, 3.8) is 0 Å². The fourth-order valence-electron chi connectivity index (χ4n) is 3.51. The van der Waals surface area contributed by atoms with Crippen LogP contribution in [-0.2, 0) is 16.0 Å². The summed E-state index contributed by atoms with van der Waals surface area (Å²) in [5.74, 6) is 0. The summed E-state index contributed by atoms with van der Waals surface area (Å²) in [4.78, 5) is 5.40. The topological polar surface area (TPSA) is 21.7 Å². The molecule has 3 rings (SSSR count). The zero-order chi connectivity index (χ0) is 14.7. The van der Waals surface area contributed by atoms with E-state index in [9.17, 15) is 0 Å². The second kappa shape index (κ2) is 6.61. The van der Waals surface area contributed by atoms with Crippen LogP contribution in [0, 0.1) is 6.92 Å². The first-order chi connectivity index (χ1) is 10.2. The van der Waals surface area contributed by atoms with Gasteiger partial charge in [-0.2, -0.15) is 0 Å². The van der Waals surface area contributed by atoms with E-state index in [0.29, 0.717) is 6.61 Å². The van der Waals surface area contributed by atoms with Crippen LogP contribution in [0.1, 0.15) is 29.0 Å². The van der Waals surface area contributed by atoms with E-state index < -0.39 is 0 Å². The highest BCUT2D eigenvalue weighted by atomic mass is 32.1. The first kappa shape index (κ1) is 15.2. The van der Waals surface area contributed by atoms with Gasteiger partial charge in [-0.25, -0.2) is 0 Å². The van der Waals surface area contributed by atoms with Crippen LogP contribution in [0.4, 0.5) is 0 Å². The third kappa shape index (κ3) is 3.75. The first-order valence-corrected chi connectivity index (χ1v) is 8.65. The number of thiophene rings is 1. The average molecular weight is 307 g/mol. The molecule has 0 aromatic carbocycles. The summed E-state index contributed by atoms with van der Waals surface area (Å²) in [6, 6.07) is 4.47. The van der Waals surface area contributed by atoms with Gasteiger partial charge in [-0.05, 0) is 38.4 Å². The Hall–Kier alpha value is -0.680. The van der Waals surface area contributed by atoms with Crippen LogP contribution in [0.5, 0.6) is 0 Å². The molecule has 116 valence electrons. The summed E-state index contributed by atoms with van der Waals surface area (Å²) in [5, 5.41) is 0. The highest BCUT2D eigenvalue weighted by molar-refractivity contribution is 7.11. The quantitative estimate of drug-likeness (QED) is 0.778. The number of likely N-dealkylation sites (tertiary alicyclic amines) is 1. The number of ether oxygens (including phenoxy) is 2. The Morgan fingerprint density at radius 3 is 3.24 bits per heavy atom. The van der Waals surface area contributed by atoms with Gasteiger partial charge in [0.15, 0.2) is 0 Å². The normalized spacial score (nSPS) is 30.0. The van der Waals surface area contributed by atoms with E-state index in [0.717, 1.165) is 26.1 Å². The Morgan fingerprint density at radius 2 is 2.48 bits per heavy atom. The van der Waals surface area contributed by atoms with Gasteiger partial charge >= 0.3 is 0 Å². The summed E-state index contributed by atoms with van der Waals surface area (Å²) in [6.07, 6.45) is 5.48. The zero-order valence-electron chi connectivity index (χ0n) is 12.8. The molecule has 0 bridgehead atoms. The van der Waals surface area contributed by atoms with Crippen LogP contribution in [-0.4, -0.2) is 42.9 Å². The Morgan fingerprint density at radius 1 is 1.57 bits per heavy atom. The van der Waals surface area contributed by atoms with E-state index in [1.54, 1.807) is 0 Å². The van der Waals surface area contributed by atoms with Crippen molar-refractivity contribution in [1.29, 1.82) is 0 Å². The minimum absolute atomic E-state index is 0.0242. The lowest BCUT2D eigenvalue weighted by atomic mass is 9.89. The summed E-state index contributed by atoms with van der Waals surface area (Å²) in [7, 11) is 0. The van der Waals surface area contributed by atoms with E-state index in [-0.39, 0.29) is 11.7 Å². The molecule has 0 saturated carbocycles. The zero-order valence-corrected chi connectivity index (χ0v) is 13.7. The highest BCUT2D eigenvalue weighted by Crippen LogP contribution is 2.36. The summed E-state index contributed by atoms with van der Waals surface area (Å²) < 4.78 is 11.9. The van der Waals surface area contributed by atoms with Crippen molar-refractivity contribution < 1.29 is 9.47 Å². The molecule has 2 atom stereocenters. The van der Waals surface area contributed by atoms with Gasteiger partial charge in [0.25, 0.3) is 0 Å². The van der Waals surface area contributed by atoms with E-state index >= 15 is 0 Å². The van der Waals surface area contributed by atoms with Gasteiger partial charge in [-0.1, -0.05) is 6.08 Å². The third-order valence-electron chi connectivity index (χ3n) is 4.42. The lowest BCUT2D eigenvalue weighted by molar-refractivity contribution is -0.0542. The summed E-state index contributed by atoms with van der Waals surface area (Å²) in [6.45, 7) is 10.5. The van der Waals surface area contributed by atoms with Gasteiger partial charge in [0.05, 0.1) is 24.9 Å². The van der Waals surface area contributed by atoms with Gasteiger partial charge in [0, 0.05) is 29.3 Å². The van der Waals surface area contributed by atoms with Crippen molar-refractivity contribution in [2.75, 3.05) is 26.3 Å². The van der Waals surface area contributed by atoms with Crippen molar-refractivity contribution in [2.24, 2.45) is 0 Å². The molecule has 2 fully saturated rings. The van der Waals surface area contributed by atoms with Crippen LogP contribution in [0.15, 0.2) is 24.8 Å². The van der Waals surface area contributed by atoms with Crippen LogP contribution in [0.25, 0.3) is 0 Å². The minimum Gasteiger partial charge on any atom is -0.372 e. The molecule has 0 N–H and O–H groups in total. The first-order valence-electron chi connectivity index (χ1n) is 7.83.